The van der Waals surface area contributed by atoms with Crippen LogP contribution in [0.15, 0.2) is 48.5 Å². The zero-order chi connectivity index (χ0) is 18.5. The summed E-state index contributed by atoms with van der Waals surface area (Å²) < 4.78 is 0. The van der Waals surface area contributed by atoms with Gasteiger partial charge in [0.25, 0.3) is 0 Å². The van der Waals surface area contributed by atoms with E-state index in [9.17, 15) is 9.59 Å². The van der Waals surface area contributed by atoms with Crippen LogP contribution >= 0.6 is 11.6 Å². The lowest BCUT2D eigenvalue weighted by Crippen LogP contribution is -2.43. The maximum Gasteiger partial charge on any atom is 0.321 e. The Labute approximate surface area is 158 Å². The van der Waals surface area contributed by atoms with Gasteiger partial charge in [-0.05, 0) is 49.6 Å². The molecule has 26 heavy (non-hydrogen) atoms. The van der Waals surface area contributed by atoms with Crippen LogP contribution in [0.1, 0.15) is 18.4 Å². The number of hydrogen-bond donors (Lipinski definition) is 2. The zero-order valence-electron chi connectivity index (χ0n) is 14.7. The molecule has 2 N–H and O–H groups in total. The maximum absolute atomic E-state index is 12.5. The average Bonchev–Trinajstić information content (AvgIpc) is 2.65. The van der Waals surface area contributed by atoms with Crippen LogP contribution in [-0.4, -0.2) is 29.9 Å². The van der Waals surface area contributed by atoms with Crippen LogP contribution < -0.4 is 10.6 Å². The lowest BCUT2D eigenvalue weighted by molar-refractivity contribution is -0.121. The first-order valence-electron chi connectivity index (χ1n) is 8.71. The van der Waals surface area contributed by atoms with Gasteiger partial charge in [-0.25, -0.2) is 4.79 Å². The summed E-state index contributed by atoms with van der Waals surface area (Å²) in [6.07, 6.45) is 1.29. The van der Waals surface area contributed by atoms with Gasteiger partial charge in [0.05, 0.1) is 0 Å². The molecule has 0 radical (unpaired) electrons. The first kappa shape index (κ1) is 18.3. The number of urea groups is 1. The van der Waals surface area contributed by atoms with Crippen LogP contribution in [0.25, 0.3) is 0 Å². The fourth-order valence-electron chi connectivity index (χ4n) is 2.98. The molecule has 0 unspecified atom stereocenters. The molecule has 6 heteroatoms. The molecule has 1 aliphatic heterocycles. The number of anilines is 2. The van der Waals surface area contributed by atoms with Crippen LogP contribution in [0, 0.1) is 12.8 Å². The highest BCUT2D eigenvalue weighted by Gasteiger charge is 2.27. The van der Waals surface area contributed by atoms with Crippen molar-refractivity contribution in [1.29, 1.82) is 0 Å². The van der Waals surface area contributed by atoms with Gasteiger partial charge in [0.15, 0.2) is 0 Å². The normalized spacial score (nSPS) is 14.8. The van der Waals surface area contributed by atoms with Crippen molar-refractivity contribution in [3.63, 3.8) is 0 Å². The molecule has 1 saturated heterocycles. The summed E-state index contributed by atoms with van der Waals surface area (Å²) in [5.74, 6) is -0.121. The molecule has 1 fully saturated rings. The summed E-state index contributed by atoms with van der Waals surface area (Å²) in [6.45, 7) is 3.04. The zero-order valence-corrected chi connectivity index (χ0v) is 15.4. The van der Waals surface area contributed by atoms with Crippen molar-refractivity contribution in [3.8, 4) is 0 Å². The number of likely N-dealkylation sites (tertiary alicyclic amines) is 1. The van der Waals surface area contributed by atoms with E-state index < -0.39 is 0 Å². The standard InChI is InChI=1S/C20H22ClN3O2/c1-14-7-8-17(13-18(14)21)22-19(25)15-9-11-24(12-10-15)20(26)23-16-5-3-2-4-6-16/h2-8,13,15H,9-12H2,1H3,(H,22,25)(H,23,26). The summed E-state index contributed by atoms with van der Waals surface area (Å²) in [5.41, 5.74) is 2.45. The third-order valence-electron chi connectivity index (χ3n) is 4.62. The average molecular weight is 372 g/mol. The van der Waals surface area contributed by atoms with Gasteiger partial charge in [-0.1, -0.05) is 35.9 Å². The van der Waals surface area contributed by atoms with Gasteiger partial charge in [-0.2, -0.15) is 0 Å². The van der Waals surface area contributed by atoms with Crippen molar-refractivity contribution in [2.75, 3.05) is 23.7 Å². The second kappa shape index (κ2) is 8.23. The Kier molecular flexibility index (Phi) is 5.78. The Balaban J connectivity index is 1.50. The highest BCUT2D eigenvalue weighted by atomic mass is 35.5. The number of amides is 3. The van der Waals surface area contributed by atoms with Crippen LogP contribution in [0.5, 0.6) is 0 Å². The second-order valence-electron chi connectivity index (χ2n) is 6.51. The molecule has 0 atom stereocenters. The first-order chi connectivity index (χ1) is 12.5. The van der Waals surface area contributed by atoms with Crippen LogP contribution in [0.4, 0.5) is 16.2 Å². The van der Waals surface area contributed by atoms with Crippen LogP contribution in [0.3, 0.4) is 0 Å². The molecule has 0 aromatic heterocycles. The summed E-state index contributed by atoms with van der Waals surface area (Å²) in [7, 11) is 0. The third kappa shape index (κ3) is 4.55. The number of benzene rings is 2. The van der Waals surface area contributed by atoms with Gasteiger partial charge in [-0.3, -0.25) is 4.79 Å². The first-order valence-corrected chi connectivity index (χ1v) is 9.09. The van der Waals surface area contributed by atoms with Gasteiger partial charge >= 0.3 is 6.03 Å². The van der Waals surface area contributed by atoms with E-state index in [1.54, 1.807) is 11.0 Å². The second-order valence-corrected chi connectivity index (χ2v) is 6.92. The third-order valence-corrected chi connectivity index (χ3v) is 5.02. The minimum Gasteiger partial charge on any atom is -0.326 e. The Hall–Kier alpha value is -2.53. The van der Waals surface area contributed by atoms with Crippen molar-refractivity contribution >= 4 is 34.9 Å². The molecule has 2 aromatic rings. The van der Waals surface area contributed by atoms with E-state index in [1.165, 1.54) is 0 Å². The number of piperidine rings is 1. The summed E-state index contributed by atoms with van der Waals surface area (Å²) in [4.78, 5) is 26.5. The van der Waals surface area contributed by atoms with E-state index in [4.69, 9.17) is 11.6 Å². The number of carbonyl (C=O) groups excluding carboxylic acids is 2. The molecule has 1 aliphatic rings. The Bertz CT molecular complexity index is 787. The Morgan fingerprint density at radius 1 is 1.00 bits per heavy atom. The Morgan fingerprint density at radius 3 is 2.35 bits per heavy atom. The molecule has 3 rings (SSSR count). The summed E-state index contributed by atoms with van der Waals surface area (Å²) in [5, 5.41) is 6.43. The van der Waals surface area contributed by atoms with E-state index in [0.717, 1.165) is 11.3 Å². The van der Waals surface area contributed by atoms with Crippen molar-refractivity contribution in [2.45, 2.75) is 19.8 Å². The van der Waals surface area contributed by atoms with Gasteiger partial charge in [0.1, 0.15) is 0 Å². The molecule has 3 amide bonds. The van der Waals surface area contributed by atoms with Crippen molar-refractivity contribution in [3.05, 3.63) is 59.1 Å². The molecule has 2 aromatic carbocycles. The largest absolute Gasteiger partial charge is 0.326 e. The van der Waals surface area contributed by atoms with Crippen molar-refractivity contribution in [1.82, 2.24) is 4.90 Å². The highest BCUT2D eigenvalue weighted by molar-refractivity contribution is 6.31. The fourth-order valence-corrected chi connectivity index (χ4v) is 3.16. The summed E-state index contributed by atoms with van der Waals surface area (Å²) >= 11 is 6.10. The van der Waals surface area contributed by atoms with E-state index in [1.807, 2.05) is 49.4 Å². The molecule has 0 spiro atoms. The maximum atomic E-state index is 12.5. The van der Waals surface area contributed by atoms with Crippen LogP contribution in [-0.2, 0) is 4.79 Å². The minimum atomic E-state index is -0.125. The van der Waals surface area contributed by atoms with Crippen LogP contribution in [0.2, 0.25) is 5.02 Å². The lowest BCUT2D eigenvalue weighted by Gasteiger charge is -2.31. The predicted octanol–water partition coefficient (Wildman–Crippen LogP) is 4.53. The number of aryl methyl sites for hydroxylation is 1. The van der Waals surface area contributed by atoms with E-state index in [-0.39, 0.29) is 17.9 Å². The van der Waals surface area contributed by atoms with Gasteiger partial charge in [-0.15, -0.1) is 0 Å². The van der Waals surface area contributed by atoms with Gasteiger partial charge in [0, 0.05) is 35.4 Å². The summed E-state index contributed by atoms with van der Waals surface area (Å²) in [6, 6.07) is 14.7. The van der Waals surface area contributed by atoms with Gasteiger partial charge in [0.2, 0.25) is 5.91 Å². The van der Waals surface area contributed by atoms with E-state index in [2.05, 4.69) is 10.6 Å². The molecule has 1 heterocycles. The van der Waals surface area contributed by atoms with E-state index >= 15 is 0 Å². The number of rotatable bonds is 3. The van der Waals surface area contributed by atoms with Gasteiger partial charge < -0.3 is 15.5 Å². The number of nitrogens with zero attached hydrogens (tertiary/aromatic N) is 1. The molecular weight excluding hydrogens is 350 g/mol. The van der Waals surface area contributed by atoms with Crippen molar-refractivity contribution in [2.24, 2.45) is 5.92 Å². The molecule has 136 valence electrons. The molecule has 0 saturated carbocycles. The monoisotopic (exact) mass is 371 g/mol. The smallest absolute Gasteiger partial charge is 0.321 e. The number of para-hydroxylation sites is 1. The predicted molar refractivity (Wildman–Crippen MR) is 105 cm³/mol. The minimum absolute atomic E-state index is 0.0203. The Morgan fingerprint density at radius 2 is 1.69 bits per heavy atom. The lowest BCUT2D eigenvalue weighted by atomic mass is 9.96. The molecule has 0 aliphatic carbocycles. The number of hydrogen-bond acceptors (Lipinski definition) is 2. The SMILES string of the molecule is Cc1ccc(NC(=O)C2CCN(C(=O)Nc3ccccc3)CC2)cc1Cl. The van der Waals surface area contributed by atoms with Crippen molar-refractivity contribution < 1.29 is 9.59 Å². The topological polar surface area (TPSA) is 61.4 Å². The molecule has 0 bridgehead atoms. The number of halogens is 1. The highest BCUT2D eigenvalue weighted by Crippen LogP contribution is 2.23. The molecule has 5 nitrogen and oxygen atoms in total. The van der Waals surface area contributed by atoms with E-state index in [0.29, 0.717) is 36.6 Å². The quantitative estimate of drug-likeness (QED) is 0.832. The number of carbonyl (C=O) groups is 2. The fraction of sp³-hybridized carbons (Fsp3) is 0.300. The number of nitrogens with one attached hydrogen (secondary N) is 2. The molecular formula is C20H22ClN3O2.